The summed E-state index contributed by atoms with van der Waals surface area (Å²) in [6.07, 6.45) is 4.49. The minimum absolute atomic E-state index is 0.113. The lowest BCUT2D eigenvalue weighted by atomic mass is 10.1. The normalized spacial score (nSPS) is 13.4. The summed E-state index contributed by atoms with van der Waals surface area (Å²) < 4.78 is 0. The highest BCUT2D eigenvalue weighted by molar-refractivity contribution is 6.39. The van der Waals surface area contributed by atoms with Crippen LogP contribution in [-0.2, 0) is 16.0 Å². The topological polar surface area (TPSA) is 74.3 Å². The van der Waals surface area contributed by atoms with Gasteiger partial charge in [0.15, 0.2) is 0 Å². The molecule has 0 saturated carbocycles. The Balaban J connectivity index is 1.48. The van der Waals surface area contributed by atoms with Crippen LogP contribution in [0.25, 0.3) is 0 Å². The molecule has 4 rings (SSSR count). The first-order chi connectivity index (χ1) is 14.6. The first kappa shape index (κ1) is 19.6. The molecule has 2 aromatic carbocycles. The Kier molecular flexibility index (Phi) is 5.75. The van der Waals surface area contributed by atoms with E-state index in [1.165, 1.54) is 5.56 Å². The van der Waals surface area contributed by atoms with Crippen LogP contribution in [-0.4, -0.2) is 29.9 Å². The van der Waals surface area contributed by atoms with Gasteiger partial charge in [0.25, 0.3) is 0 Å². The molecule has 0 fully saturated rings. The monoisotopic (exact) mass is 400 g/mol. The van der Waals surface area contributed by atoms with Gasteiger partial charge in [-0.05, 0) is 54.3 Å². The Morgan fingerprint density at radius 3 is 2.73 bits per heavy atom. The maximum Gasteiger partial charge on any atom is 0.313 e. The fourth-order valence-corrected chi connectivity index (χ4v) is 3.85. The minimum Gasteiger partial charge on any atom is -0.362 e. The van der Waals surface area contributed by atoms with Gasteiger partial charge in [0.1, 0.15) is 0 Å². The highest BCUT2D eigenvalue weighted by atomic mass is 16.2. The molecule has 1 aliphatic heterocycles. The molecule has 0 saturated heterocycles. The van der Waals surface area contributed by atoms with Crippen LogP contribution in [0.4, 0.5) is 11.4 Å². The van der Waals surface area contributed by atoms with Gasteiger partial charge in [0.05, 0.1) is 6.04 Å². The van der Waals surface area contributed by atoms with Crippen LogP contribution < -0.4 is 15.5 Å². The Morgan fingerprint density at radius 1 is 1.07 bits per heavy atom. The molecule has 152 valence electrons. The Hall–Kier alpha value is -3.67. The van der Waals surface area contributed by atoms with Crippen LogP contribution in [0.2, 0.25) is 0 Å². The molecule has 2 N–H and O–H groups in total. The van der Waals surface area contributed by atoms with Gasteiger partial charge >= 0.3 is 11.8 Å². The molecule has 0 unspecified atom stereocenters. The zero-order valence-corrected chi connectivity index (χ0v) is 16.8. The van der Waals surface area contributed by atoms with Crippen molar-refractivity contribution in [3.05, 3.63) is 89.7 Å². The highest BCUT2D eigenvalue weighted by Crippen LogP contribution is 2.34. The van der Waals surface area contributed by atoms with E-state index in [0.717, 1.165) is 29.8 Å². The van der Waals surface area contributed by atoms with E-state index in [-0.39, 0.29) is 6.04 Å². The molecule has 6 nitrogen and oxygen atoms in total. The van der Waals surface area contributed by atoms with Crippen molar-refractivity contribution in [2.45, 2.75) is 19.4 Å². The number of nitrogens with zero attached hydrogens (tertiary/aromatic N) is 2. The maximum atomic E-state index is 12.5. The number of anilines is 2. The van der Waals surface area contributed by atoms with Crippen LogP contribution in [0.15, 0.2) is 73.1 Å². The fraction of sp³-hybridized carbons (Fsp3) is 0.208. The van der Waals surface area contributed by atoms with Crippen molar-refractivity contribution in [1.29, 1.82) is 0 Å². The second-order valence-corrected chi connectivity index (χ2v) is 7.41. The number of para-hydroxylation sites is 1. The van der Waals surface area contributed by atoms with Gasteiger partial charge in [-0.1, -0.05) is 36.4 Å². The first-order valence-electron chi connectivity index (χ1n) is 10.0. The van der Waals surface area contributed by atoms with E-state index in [1.54, 1.807) is 12.3 Å². The lowest BCUT2D eigenvalue weighted by molar-refractivity contribution is -0.136. The van der Waals surface area contributed by atoms with E-state index in [4.69, 9.17) is 0 Å². The van der Waals surface area contributed by atoms with Gasteiger partial charge < -0.3 is 15.5 Å². The second kappa shape index (κ2) is 8.78. The van der Waals surface area contributed by atoms with Crippen molar-refractivity contribution >= 4 is 23.2 Å². The van der Waals surface area contributed by atoms with Gasteiger partial charge in [-0.2, -0.15) is 0 Å². The number of amides is 2. The summed E-state index contributed by atoms with van der Waals surface area (Å²) >= 11 is 0. The number of fused-ring (bicyclic) bond motifs is 1. The fourth-order valence-electron chi connectivity index (χ4n) is 3.85. The molecule has 1 atom stereocenters. The molecule has 0 aliphatic carbocycles. The van der Waals surface area contributed by atoms with Crippen LogP contribution in [0, 0.1) is 6.92 Å². The highest BCUT2D eigenvalue weighted by Gasteiger charge is 2.28. The van der Waals surface area contributed by atoms with Crippen LogP contribution in [0.5, 0.6) is 0 Å². The van der Waals surface area contributed by atoms with Crippen molar-refractivity contribution in [3.63, 3.8) is 0 Å². The second-order valence-electron chi connectivity index (χ2n) is 7.41. The largest absolute Gasteiger partial charge is 0.362 e. The average molecular weight is 400 g/mol. The van der Waals surface area contributed by atoms with Gasteiger partial charge in [0.2, 0.25) is 0 Å². The van der Waals surface area contributed by atoms with Crippen LogP contribution >= 0.6 is 0 Å². The number of hydrogen-bond acceptors (Lipinski definition) is 4. The summed E-state index contributed by atoms with van der Waals surface area (Å²) in [5.74, 6) is -1.33. The van der Waals surface area contributed by atoms with E-state index in [2.05, 4.69) is 32.7 Å². The third-order valence-electron chi connectivity index (χ3n) is 5.31. The number of hydrogen-bond donors (Lipinski definition) is 2. The van der Waals surface area contributed by atoms with Gasteiger partial charge in [-0.15, -0.1) is 0 Å². The van der Waals surface area contributed by atoms with Gasteiger partial charge in [0, 0.05) is 36.9 Å². The SMILES string of the molecule is Cc1cccc(NC(=O)C(=O)NC[C@@H](c2cccnc2)N2CCc3ccccc32)c1. The van der Waals surface area contributed by atoms with E-state index < -0.39 is 11.8 Å². The number of carbonyl (C=O) groups is 2. The molecule has 30 heavy (non-hydrogen) atoms. The van der Waals surface area contributed by atoms with Crippen molar-refractivity contribution in [2.24, 2.45) is 0 Å². The molecule has 6 heteroatoms. The van der Waals surface area contributed by atoms with E-state index in [9.17, 15) is 9.59 Å². The molecule has 1 aromatic heterocycles. The summed E-state index contributed by atoms with van der Waals surface area (Å²) in [5, 5.41) is 5.46. The number of pyridine rings is 1. The summed E-state index contributed by atoms with van der Waals surface area (Å²) in [5.41, 5.74) is 5.05. The number of aryl methyl sites for hydroxylation is 1. The molecule has 2 amide bonds. The van der Waals surface area contributed by atoms with E-state index in [0.29, 0.717) is 12.2 Å². The van der Waals surface area contributed by atoms with Gasteiger partial charge in [-0.3, -0.25) is 14.6 Å². The smallest absolute Gasteiger partial charge is 0.313 e. The Bertz CT molecular complexity index is 1050. The van der Waals surface area contributed by atoms with Crippen molar-refractivity contribution in [1.82, 2.24) is 10.3 Å². The predicted octanol–water partition coefficient (Wildman–Crippen LogP) is 3.25. The number of aromatic nitrogens is 1. The number of benzene rings is 2. The molecule has 0 spiro atoms. The van der Waals surface area contributed by atoms with Crippen molar-refractivity contribution in [2.75, 3.05) is 23.3 Å². The van der Waals surface area contributed by atoms with Crippen LogP contribution in [0.1, 0.15) is 22.7 Å². The number of rotatable bonds is 5. The Labute approximate surface area is 175 Å². The van der Waals surface area contributed by atoms with Crippen LogP contribution in [0.3, 0.4) is 0 Å². The molecular formula is C24H24N4O2. The molecule has 0 radical (unpaired) electrons. The van der Waals surface area contributed by atoms with Crippen molar-refractivity contribution in [3.8, 4) is 0 Å². The van der Waals surface area contributed by atoms with Gasteiger partial charge in [-0.25, -0.2) is 0 Å². The first-order valence-corrected chi connectivity index (χ1v) is 10.0. The van der Waals surface area contributed by atoms with E-state index >= 15 is 0 Å². The third kappa shape index (κ3) is 4.33. The van der Waals surface area contributed by atoms with Crippen molar-refractivity contribution < 1.29 is 9.59 Å². The summed E-state index contributed by atoms with van der Waals surface area (Å²) in [6, 6.07) is 19.4. The summed E-state index contributed by atoms with van der Waals surface area (Å²) in [6.45, 7) is 3.09. The number of nitrogens with one attached hydrogen (secondary N) is 2. The third-order valence-corrected chi connectivity index (χ3v) is 5.31. The zero-order valence-electron chi connectivity index (χ0n) is 16.8. The zero-order chi connectivity index (χ0) is 20.9. The molecule has 1 aliphatic rings. The average Bonchev–Trinajstić information content (AvgIpc) is 3.18. The minimum atomic E-state index is -0.674. The standard InChI is InChI=1S/C24H24N4O2/c1-17-6-4-9-20(14-17)27-24(30)23(29)26-16-22(19-8-5-12-25-15-19)28-13-11-18-7-2-3-10-21(18)28/h2-10,12,14-15,22H,11,13,16H2,1H3,(H,26,29)(H,27,30)/t22-/m0/s1. The maximum absolute atomic E-state index is 12.5. The molecule has 3 aromatic rings. The summed E-state index contributed by atoms with van der Waals surface area (Å²) in [4.78, 5) is 31.3. The molecular weight excluding hydrogens is 376 g/mol. The summed E-state index contributed by atoms with van der Waals surface area (Å²) in [7, 11) is 0. The predicted molar refractivity (Wildman–Crippen MR) is 117 cm³/mol. The van der Waals surface area contributed by atoms with E-state index in [1.807, 2.05) is 55.6 Å². The molecule has 0 bridgehead atoms. The lowest BCUT2D eigenvalue weighted by Gasteiger charge is -2.30. The quantitative estimate of drug-likeness (QED) is 0.645. The number of carbonyl (C=O) groups excluding carboxylic acids is 2. The molecule has 2 heterocycles. The lowest BCUT2D eigenvalue weighted by Crippen LogP contribution is -2.41. The Morgan fingerprint density at radius 2 is 1.93 bits per heavy atom.